The standard InChI is InChI=1S/C14H20N2/c1-2-4-13(5-3-1)14-11-16(9-8-15-14)10-12-6-7-12/h1-5,12,14-15H,6-11H2. The zero-order valence-corrected chi connectivity index (χ0v) is 9.73. The number of nitrogens with zero attached hydrogens (tertiary/aromatic N) is 1. The van der Waals surface area contributed by atoms with Crippen LogP contribution in [0, 0.1) is 5.92 Å². The van der Waals surface area contributed by atoms with Crippen LogP contribution < -0.4 is 5.32 Å². The molecule has 2 heteroatoms. The minimum Gasteiger partial charge on any atom is -0.308 e. The third kappa shape index (κ3) is 2.45. The van der Waals surface area contributed by atoms with Crippen LogP contribution in [-0.4, -0.2) is 31.1 Å². The second-order valence-corrected chi connectivity index (χ2v) is 5.12. The van der Waals surface area contributed by atoms with Gasteiger partial charge in [0.2, 0.25) is 0 Å². The summed E-state index contributed by atoms with van der Waals surface area (Å²) in [5.74, 6) is 1.01. The van der Waals surface area contributed by atoms with Crippen molar-refractivity contribution in [3.8, 4) is 0 Å². The van der Waals surface area contributed by atoms with Gasteiger partial charge < -0.3 is 5.32 Å². The number of hydrogen-bond acceptors (Lipinski definition) is 2. The fraction of sp³-hybridized carbons (Fsp3) is 0.571. The fourth-order valence-electron chi connectivity index (χ4n) is 2.55. The Balaban J connectivity index is 1.62. The highest BCUT2D eigenvalue weighted by atomic mass is 15.2. The fourth-order valence-corrected chi connectivity index (χ4v) is 2.55. The van der Waals surface area contributed by atoms with Crippen LogP contribution in [0.15, 0.2) is 30.3 Å². The summed E-state index contributed by atoms with van der Waals surface area (Å²) in [5.41, 5.74) is 1.43. The lowest BCUT2D eigenvalue weighted by Crippen LogP contribution is -2.46. The zero-order chi connectivity index (χ0) is 10.8. The van der Waals surface area contributed by atoms with Crippen molar-refractivity contribution >= 4 is 0 Å². The van der Waals surface area contributed by atoms with Crippen LogP contribution >= 0.6 is 0 Å². The lowest BCUT2D eigenvalue weighted by atomic mass is 10.0. The molecule has 1 saturated heterocycles. The number of benzene rings is 1. The molecule has 1 aromatic carbocycles. The molecular weight excluding hydrogens is 196 g/mol. The van der Waals surface area contributed by atoms with Crippen LogP contribution in [-0.2, 0) is 0 Å². The Labute approximate surface area is 97.6 Å². The third-order valence-electron chi connectivity index (χ3n) is 3.67. The molecule has 1 atom stereocenters. The lowest BCUT2D eigenvalue weighted by molar-refractivity contribution is 0.193. The van der Waals surface area contributed by atoms with Crippen molar-refractivity contribution < 1.29 is 0 Å². The molecular formula is C14H20N2. The quantitative estimate of drug-likeness (QED) is 0.832. The van der Waals surface area contributed by atoms with Crippen LogP contribution in [0.1, 0.15) is 24.4 Å². The monoisotopic (exact) mass is 216 g/mol. The van der Waals surface area contributed by atoms with Crippen molar-refractivity contribution in [2.24, 2.45) is 5.92 Å². The molecule has 16 heavy (non-hydrogen) atoms. The Bertz CT molecular complexity index is 332. The van der Waals surface area contributed by atoms with E-state index in [-0.39, 0.29) is 0 Å². The minimum absolute atomic E-state index is 0.536. The summed E-state index contributed by atoms with van der Waals surface area (Å²) >= 11 is 0. The topological polar surface area (TPSA) is 15.3 Å². The normalized spacial score (nSPS) is 26.9. The maximum absolute atomic E-state index is 3.62. The van der Waals surface area contributed by atoms with E-state index in [9.17, 15) is 0 Å². The van der Waals surface area contributed by atoms with E-state index >= 15 is 0 Å². The number of hydrogen-bond donors (Lipinski definition) is 1. The summed E-state index contributed by atoms with van der Waals surface area (Å²) in [7, 11) is 0. The summed E-state index contributed by atoms with van der Waals surface area (Å²) < 4.78 is 0. The summed E-state index contributed by atoms with van der Waals surface area (Å²) in [6, 6.07) is 11.4. The van der Waals surface area contributed by atoms with Crippen molar-refractivity contribution in [1.82, 2.24) is 10.2 Å². The number of rotatable bonds is 3. The molecule has 1 N–H and O–H groups in total. The molecule has 1 aliphatic heterocycles. The molecule has 2 nitrogen and oxygen atoms in total. The van der Waals surface area contributed by atoms with E-state index in [2.05, 4.69) is 40.5 Å². The number of nitrogens with one attached hydrogen (secondary N) is 1. The van der Waals surface area contributed by atoms with Gasteiger partial charge in [-0.2, -0.15) is 0 Å². The molecule has 3 rings (SSSR count). The van der Waals surface area contributed by atoms with Crippen molar-refractivity contribution in [1.29, 1.82) is 0 Å². The molecule has 0 aromatic heterocycles. The van der Waals surface area contributed by atoms with E-state index in [1.807, 2.05) is 0 Å². The van der Waals surface area contributed by atoms with Crippen molar-refractivity contribution in [2.75, 3.05) is 26.2 Å². The van der Waals surface area contributed by atoms with E-state index in [1.165, 1.54) is 38.0 Å². The zero-order valence-electron chi connectivity index (χ0n) is 9.73. The Hall–Kier alpha value is -0.860. The van der Waals surface area contributed by atoms with Crippen molar-refractivity contribution in [3.05, 3.63) is 35.9 Å². The summed E-state index contributed by atoms with van der Waals surface area (Å²) in [4.78, 5) is 2.63. The molecule has 1 unspecified atom stereocenters. The molecule has 0 spiro atoms. The highest BCUT2D eigenvalue weighted by molar-refractivity contribution is 5.19. The van der Waals surface area contributed by atoms with Gasteiger partial charge in [0.15, 0.2) is 0 Å². The Morgan fingerprint density at radius 1 is 1.19 bits per heavy atom. The van der Waals surface area contributed by atoms with Gasteiger partial charge >= 0.3 is 0 Å². The molecule has 2 fully saturated rings. The molecule has 1 saturated carbocycles. The van der Waals surface area contributed by atoms with E-state index in [0.29, 0.717) is 6.04 Å². The van der Waals surface area contributed by atoms with Crippen molar-refractivity contribution in [3.63, 3.8) is 0 Å². The first-order valence-corrected chi connectivity index (χ1v) is 6.42. The second-order valence-electron chi connectivity index (χ2n) is 5.12. The molecule has 0 radical (unpaired) electrons. The second kappa shape index (κ2) is 4.56. The summed E-state index contributed by atoms with van der Waals surface area (Å²) in [6.07, 6.45) is 2.92. The van der Waals surface area contributed by atoms with E-state index < -0.39 is 0 Å². The molecule has 1 heterocycles. The number of piperazine rings is 1. The van der Waals surface area contributed by atoms with E-state index in [0.717, 1.165) is 12.5 Å². The average molecular weight is 216 g/mol. The van der Waals surface area contributed by atoms with Crippen LogP contribution in [0.2, 0.25) is 0 Å². The van der Waals surface area contributed by atoms with Gasteiger partial charge in [-0.3, -0.25) is 4.90 Å². The molecule has 2 aliphatic rings. The average Bonchev–Trinajstić information content (AvgIpc) is 3.15. The predicted octanol–water partition coefficient (Wildman–Crippen LogP) is 2.04. The third-order valence-corrected chi connectivity index (χ3v) is 3.67. The van der Waals surface area contributed by atoms with Gasteiger partial charge in [-0.1, -0.05) is 30.3 Å². The van der Waals surface area contributed by atoms with Gasteiger partial charge in [0, 0.05) is 32.2 Å². The predicted molar refractivity (Wildman–Crippen MR) is 66.3 cm³/mol. The van der Waals surface area contributed by atoms with Gasteiger partial charge in [-0.25, -0.2) is 0 Å². The smallest absolute Gasteiger partial charge is 0.0449 e. The van der Waals surface area contributed by atoms with Gasteiger partial charge in [0.25, 0.3) is 0 Å². The van der Waals surface area contributed by atoms with Crippen molar-refractivity contribution in [2.45, 2.75) is 18.9 Å². The molecule has 0 bridgehead atoms. The first kappa shape index (κ1) is 10.3. The van der Waals surface area contributed by atoms with Crippen LogP contribution in [0.4, 0.5) is 0 Å². The largest absolute Gasteiger partial charge is 0.308 e. The molecule has 86 valence electrons. The first-order chi connectivity index (χ1) is 7.92. The van der Waals surface area contributed by atoms with Gasteiger partial charge in [-0.15, -0.1) is 0 Å². The minimum atomic E-state index is 0.536. The Morgan fingerprint density at radius 2 is 2.00 bits per heavy atom. The van der Waals surface area contributed by atoms with Gasteiger partial charge in [-0.05, 0) is 24.3 Å². The lowest BCUT2D eigenvalue weighted by Gasteiger charge is -2.34. The van der Waals surface area contributed by atoms with E-state index in [1.54, 1.807) is 0 Å². The van der Waals surface area contributed by atoms with Gasteiger partial charge in [0.1, 0.15) is 0 Å². The SMILES string of the molecule is c1ccc(C2CN(CC3CC3)CCN2)cc1. The first-order valence-electron chi connectivity index (χ1n) is 6.42. The van der Waals surface area contributed by atoms with Crippen LogP contribution in [0.3, 0.4) is 0 Å². The Morgan fingerprint density at radius 3 is 2.75 bits per heavy atom. The van der Waals surface area contributed by atoms with Crippen LogP contribution in [0.5, 0.6) is 0 Å². The summed E-state index contributed by atoms with van der Waals surface area (Å²) in [5, 5.41) is 3.62. The molecule has 1 aliphatic carbocycles. The van der Waals surface area contributed by atoms with Gasteiger partial charge in [0.05, 0.1) is 0 Å². The maximum atomic E-state index is 3.62. The van der Waals surface area contributed by atoms with Crippen LogP contribution in [0.25, 0.3) is 0 Å². The highest BCUT2D eigenvalue weighted by Gasteiger charge is 2.27. The Kier molecular flexibility index (Phi) is 2.94. The highest BCUT2D eigenvalue weighted by Crippen LogP contribution is 2.30. The van der Waals surface area contributed by atoms with E-state index in [4.69, 9.17) is 0 Å². The summed E-state index contributed by atoms with van der Waals surface area (Å²) in [6.45, 7) is 4.86. The maximum Gasteiger partial charge on any atom is 0.0449 e. The molecule has 0 amide bonds. The molecule has 1 aromatic rings.